The summed E-state index contributed by atoms with van der Waals surface area (Å²) >= 11 is 1.38. The van der Waals surface area contributed by atoms with Gasteiger partial charge in [0.15, 0.2) is 5.16 Å². The molecular weight excluding hydrogens is 372 g/mol. The van der Waals surface area contributed by atoms with Gasteiger partial charge in [0.05, 0.1) is 12.4 Å². The summed E-state index contributed by atoms with van der Waals surface area (Å²) in [4.78, 5) is 12.8. The van der Waals surface area contributed by atoms with Gasteiger partial charge in [0.2, 0.25) is 5.91 Å². The van der Waals surface area contributed by atoms with E-state index in [2.05, 4.69) is 15.5 Å². The van der Waals surface area contributed by atoms with Crippen LogP contribution in [0.25, 0.3) is 5.69 Å². The van der Waals surface area contributed by atoms with Gasteiger partial charge < -0.3 is 10.1 Å². The predicted octanol–water partition coefficient (Wildman–Crippen LogP) is 4.32. The third-order valence-corrected chi connectivity index (χ3v) is 5.55. The molecule has 28 heavy (non-hydrogen) atoms. The van der Waals surface area contributed by atoms with Gasteiger partial charge in [-0.05, 0) is 63.1 Å². The number of ether oxygens (including phenoxy) is 1. The van der Waals surface area contributed by atoms with Crippen LogP contribution in [-0.2, 0) is 4.79 Å². The van der Waals surface area contributed by atoms with E-state index < -0.39 is 0 Å². The van der Waals surface area contributed by atoms with Gasteiger partial charge in [-0.15, -0.1) is 10.2 Å². The van der Waals surface area contributed by atoms with Crippen molar-refractivity contribution in [2.24, 2.45) is 0 Å². The molecule has 1 aromatic heterocycles. The lowest BCUT2D eigenvalue weighted by Crippen LogP contribution is -2.23. The predicted molar refractivity (Wildman–Crippen MR) is 113 cm³/mol. The van der Waals surface area contributed by atoms with Crippen LogP contribution in [0.3, 0.4) is 0 Å². The molecule has 0 aliphatic carbocycles. The molecule has 2 aromatic carbocycles. The van der Waals surface area contributed by atoms with Gasteiger partial charge in [0.1, 0.15) is 11.6 Å². The zero-order valence-electron chi connectivity index (χ0n) is 16.7. The number of anilines is 1. The molecule has 0 radical (unpaired) electrons. The summed E-state index contributed by atoms with van der Waals surface area (Å²) in [7, 11) is 1.64. The summed E-state index contributed by atoms with van der Waals surface area (Å²) in [6, 6.07) is 13.6. The van der Waals surface area contributed by atoms with Crippen LogP contribution < -0.4 is 10.1 Å². The number of rotatable bonds is 6. The molecule has 1 heterocycles. The number of hydrogen-bond acceptors (Lipinski definition) is 5. The van der Waals surface area contributed by atoms with Crippen molar-refractivity contribution >= 4 is 23.4 Å². The summed E-state index contributed by atoms with van der Waals surface area (Å²) in [5, 5.41) is 11.8. The van der Waals surface area contributed by atoms with Crippen molar-refractivity contribution in [2.45, 2.75) is 38.1 Å². The van der Waals surface area contributed by atoms with Crippen LogP contribution >= 0.6 is 11.8 Å². The number of carbonyl (C=O) groups is 1. The summed E-state index contributed by atoms with van der Waals surface area (Å²) in [5.74, 6) is 1.48. The smallest absolute Gasteiger partial charge is 0.237 e. The Balaban J connectivity index is 1.79. The number of amides is 1. The number of carbonyl (C=O) groups excluding carboxylic acids is 1. The van der Waals surface area contributed by atoms with Crippen molar-refractivity contribution in [1.82, 2.24) is 14.8 Å². The fourth-order valence-corrected chi connectivity index (χ4v) is 3.81. The number of thioether (sulfide) groups is 1. The van der Waals surface area contributed by atoms with E-state index in [1.807, 2.05) is 74.7 Å². The van der Waals surface area contributed by atoms with Crippen LogP contribution in [0.5, 0.6) is 5.75 Å². The van der Waals surface area contributed by atoms with Crippen LogP contribution in [0, 0.1) is 20.8 Å². The molecule has 0 fully saturated rings. The van der Waals surface area contributed by atoms with Crippen molar-refractivity contribution in [3.8, 4) is 11.4 Å². The molecule has 0 bridgehead atoms. The molecule has 0 aliphatic rings. The van der Waals surface area contributed by atoms with Gasteiger partial charge in [0.25, 0.3) is 0 Å². The monoisotopic (exact) mass is 396 g/mol. The second kappa shape index (κ2) is 8.48. The van der Waals surface area contributed by atoms with Crippen molar-refractivity contribution in [2.75, 3.05) is 12.4 Å². The third-order valence-electron chi connectivity index (χ3n) is 4.51. The number of benzene rings is 2. The lowest BCUT2D eigenvalue weighted by Gasteiger charge is -2.16. The summed E-state index contributed by atoms with van der Waals surface area (Å²) in [5.41, 5.74) is 3.88. The topological polar surface area (TPSA) is 69.0 Å². The van der Waals surface area contributed by atoms with Gasteiger partial charge in [-0.1, -0.05) is 30.0 Å². The highest BCUT2D eigenvalue weighted by Crippen LogP contribution is 2.28. The third kappa shape index (κ3) is 4.20. The number of nitrogens with one attached hydrogen (secondary N) is 1. The largest absolute Gasteiger partial charge is 0.497 e. The first-order chi connectivity index (χ1) is 13.4. The maximum atomic E-state index is 12.8. The average molecular weight is 397 g/mol. The van der Waals surface area contributed by atoms with E-state index in [4.69, 9.17) is 4.74 Å². The molecular formula is C21H24N4O2S. The molecule has 0 aliphatic heterocycles. The highest BCUT2D eigenvalue weighted by atomic mass is 32.2. The Morgan fingerprint density at radius 1 is 1.07 bits per heavy atom. The molecule has 1 atom stereocenters. The normalized spacial score (nSPS) is 11.9. The van der Waals surface area contributed by atoms with E-state index >= 15 is 0 Å². The molecule has 1 N–H and O–H groups in total. The van der Waals surface area contributed by atoms with E-state index in [0.717, 1.165) is 34.1 Å². The maximum Gasteiger partial charge on any atom is 0.237 e. The number of aryl methyl sites for hydroxylation is 3. The number of nitrogens with zero attached hydrogens (tertiary/aromatic N) is 3. The second-order valence-corrected chi connectivity index (χ2v) is 7.89. The summed E-state index contributed by atoms with van der Waals surface area (Å²) < 4.78 is 7.16. The van der Waals surface area contributed by atoms with Gasteiger partial charge in [-0.2, -0.15) is 0 Å². The Morgan fingerprint density at radius 3 is 2.32 bits per heavy atom. The molecule has 0 unspecified atom stereocenters. The number of aromatic nitrogens is 3. The van der Waals surface area contributed by atoms with Crippen LogP contribution in [-0.4, -0.2) is 33.0 Å². The minimum Gasteiger partial charge on any atom is -0.497 e. The number of hydrogen-bond donors (Lipinski definition) is 1. The zero-order valence-corrected chi connectivity index (χ0v) is 17.5. The molecule has 1 amide bonds. The van der Waals surface area contributed by atoms with Crippen LogP contribution in [0.1, 0.15) is 23.9 Å². The van der Waals surface area contributed by atoms with E-state index in [1.165, 1.54) is 11.8 Å². The SMILES string of the molecule is COc1ccc(-n2c(C)nnc2S[C@H](C)C(=O)Nc2c(C)cccc2C)cc1. The molecule has 0 saturated heterocycles. The minimum absolute atomic E-state index is 0.0654. The molecule has 3 aromatic rings. The highest BCUT2D eigenvalue weighted by molar-refractivity contribution is 8.00. The number of para-hydroxylation sites is 1. The fourth-order valence-electron chi connectivity index (χ4n) is 2.90. The molecule has 0 spiro atoms. The highest BCUT2D eigenvalue weighted by Gasteiger charge is 2.21. The van der Waals surface area contributed by atoms with Crippen LogP contribution in [0.2, 0.25) is 0 Å². The maximum absolute atomic E-state index is 12.8. The van der Waals surface area contributed by atoms with E-state index in [0.29, 0.717) is 5.16 Å². The quantitative estimate of drug-likeness (QED) is 0.629. The molecule has 0 saturated carbocycles. The first-order valence-electron chi connectivity index (χ1n) is 9.01. The first kappa shape index (κ1) is 19.9. The Bertz CT molecular complexity index is 962. The Kier molecular flexibility index (Phi) is 6.04. The Morgan fingerprint density at radius 2 is 1.71 bits per heavy atom. The fraction of sp³-hybridized carbons (Fsp3) is 0.286. The molecule has 6 nitrogen and oxygen atoms in total. The number of methoxy groups -OCH3 is 1. The van der Waals surface area contributed by atoms with Gasteiger partial charge in [0, 0.05) is 11.4 Å². The van der Waals surface area contributed by atoms with Crippen molar-refractivity contribution in [3.63, 3.8) is 0 Å². The van der Waals surface area contributed by atoms with E-state index in [1.54, 1.807) is 7.11 Å². The van der Waals surface area contributed by atoms with E-state index in [9.17, 15) is 4.79 Å². The lowest BCUT2D eigenvalue weighted by atomic mass is 10.1. The standard InChI is InChI=1S/C21H24N4O2S/c1-13-7-6-8-14(2)19(13)22-20(26)15(3)28-21-24-23-16(4)25(21)17-9-11-18(27-5)12-10-17/h6-12,15H,1-5H3,(H,22,26)/t15-/m1/s1. The Hall–Kier alpha value is -2.80. The van der Waals surface area contributed by atoms with Crippen LogP contribution in [0.4, 0.5) is 5.69 Å². The molecule has 7 heteroatoms. The molecule has 3 rings (SSSR count). The summed E-state index contributed by atoms with van der Waals surface area (Å²) in [6.45, 7) is 7.74. The van der Waals surface area contributed by atoms with Gasteiger partial charge >= 0.3 is 0 Å². The van der Waals surface area contributed by atoms with E-state index in [-0.39, 0.29) is 11.2 Å². The Labute approximate surface area is 169 Å². The van der Waals surface area contributed by atoms with Gasteiger partial charge in [-0.25, -0.2) is 0 Å². The van der Waals surface area contributed by atoms with Crippen LogP contribution in [0.15, 0.2) is 47.6 Å². The summed E-state index contributed by atoms with van der Waals surface area (Å²) in [6.07, 6.45) is 0. The first-order valence-corrected chi connectivity index (χ1v) is 9.89. The molecule has 146 valence electrons. The van der Waals surface area contributed by atoms with Crippen molar-refractivity contribution < 1.29 is 9.53 Å². The average Bonchev–Trinajstić information content (AvgIpc) is 3.04. The minimum atomic E-state index is -0.334. The van der Waals surface area contributed by atoms with Crippen molar-refractivity contribution in [3.05, 3.63) is 59.4 Å². The zero-order chi connectivity index (χ0) is 20.3. The second-order valence-electron chi connectivity index (χ2n) is 6.58. The van der Waals surface area contributed by atoms with Crippen molar-refractivity contribution in [1.29, 1.82) is 0 Å². The lowest BCUT2D eigenvalue weighted by molar-refractivity contribution is -0.115. The van der Waals surface area contributed by atoms with Gasteiger partial charge in [-0.3, -0.25) is 9.36 Å².